The van der Waals surface area contributed by atoms with E-state index in [0.717, 1.165) is 31.2 Å². The minimum absolute atomic E-state index is 0.204. The van der Waals surface area contributed by atoms with Crippen molar-refractivity contribution in [3.05, 3.63) is 0 Å². The normalized spacial score (nSPS) is 19.3. The molecule has 1 rings (SSSR count). The van der Waals surface area contributed by atoms with Gasteiger partial charge in [-0.05, 0) is 32.2 Å². The molecule has 1 N–H and O–H groups in total. The molecule has 0 aromatic heterocycles. The fourth-order valence-corrected chi connectivity index (χ4v) is 2.83. The van der Waals surface area contributed by atoms with Crippen molar-refractivity contribution in [2.45, 2.75) is 31.1 Å². The molecule has 1 amide bonds. The second-order valence-corrected chi connectivity index (χ2v) is 5.65. The smallest absolute Gasteiger partial charge is 0.329 e. The number of carbonyl (C=O) groups excluding carboxylic acids is 2. The fourth-order valence-electron chi connectivity index (χ4n) is 2.15. The Morgan fingerprint density at radius 1 is 1.44 bits per heavy atom. The Labute approximate surface area is 113 Å². The van der Waals surface area contributed by atoms with Crippen LogP contribution >= 0.6 is 11.8 Å². The second kappa shape index (κ2) is 7.63. The van der Waals surface area contributed by atoms with E-state index in [9.17, 15) is 9.59 Å². The highest BCUT2D eigenvalue weighted by Crippen LogP contribution is 2.20. The first-order valence-corrected chi connectivity index (χ1v) is 7.45. The van der Waals surface area contributed by atoms with Crippen LogP contribution in [-0.4, -0.2) is 61.1 Å². The molecule has 18 heavy (non-hydrogen) atoms. The molecule has 0 saturated carbocycles. The maximum absolute atomic E-state index is 11.6. The van der Waals surface area contributed by atoms with Crippen molar-refractivity contribution in [1.82, 2.24) is 10.2 Å². The minimum atomic E-state index is -0.557. The molecule has 1 aliphatic heterocycles. The lowest BCUT2D eigenvalue weighted by Gasteiger charge is -2.33. The lowest BCUT2D eigenvalue weighted by molar-refractivity contribution is -0.145. The number of amides is 1. The second-order valence-electron chi connectivity index (χ2n) is 4.51. The molecule has 1 fully saturated rings. The zero-order valence-electron chi connectivity index (χ0n) is 11.3. The van der Waals surface area contributed by atoms with Gasteiger partial charge in [0.05, 0.1) is 7.11 Å². The van der Waals surface area contributed by atoms with Crippen LogP contribution in [0.4, 0.5) is 0 Å². The van der Waals surface area contributed by atoms with Gasteiger partial charge in [0, 0.05) is 18.7 Å². The third-order valence-electron chi connectivity index (χ3n) is 3.17. The van der Waals surface area contributed by atoms with Crippen molar-refractivity contribution in [3.8, 4) is 0 Å². The van der Waals surface area contributed by atoms with Crippen molar-refractivity contribution < 1.29 is 14.3 Å². The number of methoxy groups -OCH3 is 1. The SMILES string of the molecule is COC(=O)C(CN1CCC(SC)CC1)NC(C)=O. The number of piperidine rings is 1. The number of ether oxygens (including phenoxy) is 1. The highest BCUT2D eigenvalue weighted by atomic mass is 32.2. The van der Waals surface area contributed by atoms with Crippen LogP contribution in [0.1, 0.15) is 19.8 Å². The van der Waals surface area contributed by atoms with Crippen LogP contribution < -0.4 is 5.32 Å². The van der Waals surface area contributed by atoms with Crippen LogP contribution in [0.2, 0.25) is 0 Å². The monoisotopic (exact) mass is 274 g/mol. The topological polar surface area (TPSA) is 58.6 Å². The first-order valence-electron chi connectivity index (χ1n) is 6.17. The third kappa shape index (κ3) is 4.86. The van der Waals surface area contributed by atoms with Crippen LogP contribution in [0.15, 0.2) is 0 Å². The molecule has 0 aliphatic carbocycles. The van der Waals surface area contributed by atoms with Crippen molar-refractivity contribution in [2.24, 2.45) is 0 Å². The fraction of sp³-hybridized carbons (Fsp3) is 0.833. The van der Waals surface area contributed by atoms with Gasteiger partial charge in [0.2, 0.25) is 5.91 Å². The van der Waals surface area contributed by atoms with Crippen LogP contribution in [0.3, 0.4) is 0 Å². The van der Waals surface area contributed by atoms with Crippen LogP contribution in [0.25, 0.3) is 0 Å². The molecule has 6 heteroatoms. The summed E-state index contributed by atoms with van der Waals surface area (Å²) in [5.41, 5.74) is 0. The molecule has 1 aliphatic rings. The summed E-state index contributed by atoms with van der Waals surface area (Å²) in [4.78, 5) is 24.9. The van der Waals surface area contributed by atoms with Gasteiger partial charge in [0.15, 0.2) is 0 Å². The molecule has 1 atom stereocenters. The van der Waals surface area contributed by atoms with Gasteiger partial charge < -0.3 is 15.0 Å². The summed E-state index contributed by atoms with van der Waals surface area (Å²) in [6.45, 7) is 3.89. The quantitative estimate of drug-likeness (QED) is 0.740. The van der Waals surface area contributed by atoms with E-state index in [-0.39, 0.29) is 11.9 Å². The maximum Gasteiger partial charge on any atom is 0.329 e. The zero-order valence-corrected chi connectivity index (χ0v) is 12.1. The largest absolute Gasteiger partial charge is 0.467 e. The third-order valence-corrected chi connectivity index (χ3v) is 4.31. The summed E-state index contributed by atoms with van der Waals surface area (Å²) in [6.07, 6.45) is 4.40. The van der Waals surface area contributed by atoms with Crippen LogP contribution in [0, 0.1) is 0 Å². The molecule has 1 saturated heterocycles. The Hall–Kier alpha value is -0.750. The predicted molar refractivity (Wildman–Crippen MR) is 72.6 cm³/mol. The summed E-state index contributed by atoms with van der Waals surface area (Å²) in [6, 6.07) is -0.557. The van der Waals surface area contributed by atoms with Gasteiger partial charge in [0.25, 0.3) is 0 Å². The molecule has 1 unspecified atom stereocenters. The first kappa shape index (κ1) is 15.3. The van der Waals surface area contributed by atoms with E-state index in [2.05, 4.69) is 16.5 Å². The number of hydrogen-bond donors (Lipinski definition) is 1. The Morgan fingerprint density at radius 2 is 2.06 bits per heavy atom. The summed E-state index contributed by atoms with van der Waals surface area (Å²) in [5, 5.41) is 3.36. The Kier molecular flexibility index (Phi) is 6.49. The number of likely N-dealkylation sites (tertiary alicyclic amines) is 1. The highest BCUT2D eigenvalue weighted by molar-refractivity contribution is 7.99. The maximum atomic E-state index is 11.6. The van der Waals surface area contributed by atoms with E-state index >= 15 is 0 Å². The van der Waals surface area contributed by atoms with E-state index in [1.54, 1.807) is 0 Å². The summed E-state index contributed by atoms with van der Waals surface area (Å²) < 4.78 is 4.71. The van der Waals surface area contributed by atoms with Gasteiger partial charge in [-0.25, -0.2) is 4.79 Å². The molecule has 0 radical (unpaired) electrons. The number of hydrogen-bond acceptors (Lipinski definition) is 5. The van der Waals surface area contributed by atoms with Gasteiger partial charge in [-0.2, -0.15) is 11.8 Å². The van der Waals surface area contributed by atoms with Crippen molar-refractivity contribution in [1.29, 1.82) is 0 Å². The Bertz CT molecular complexity index is 291. The predicted octanol–water partition coefficient (Wildman–Crippen LogP) is 0.491. The summed E-state index contributed by atoms with van der Waals surface area (Å²) >= 11 is 1.90. The number of esters is 1. The van der Waals surface area contributed by atoms with E-state index in [1.165, 1.54) is 14.0 Å². The number of nitrogens with one attached hydrogen (secondary N) is 1. The highest BCUT2D eigenvalue weighted by Gasteiger charge is 2.26. The van der Waals surface area contributed by atoms with Gasteiger partial charge in [0.1, 0.15) is 6.04 Å². The van der Waals surface area contributed by atoms with Gasteiger partial charge >= 0.3 is 5.97 Å². The lowest BCUT2D eigenvalue weighted by atomic mass is 10.1. The van der Waals surface area contributed by atoms with E-state index in [4.69, 9.17) is 4.74 Å². The molecule has 0 spiro atoms. The zero-order chi connectivity index (χ0) is 13.5. The van der Waals surface area contributed by atoms with Gasteiger partial charge in [-0.15, -0.1) is 0 Å². The molecule has 5 nitrogen and oxygen atoms in total. The van der Waals surface area contributed by atoms with Gasteiger partial charge in [-0.3, -0.25) is 4.79 Å². The molecule has 0 bridgehead atoms. The number of thioether (sulfide) groups is 1. The standard InChI is InChI=1S/C12H22N2O3S/c1-9(15)13-11(12(16)17-2)8-14-6-4-10(18-3)5-7-14/h10-11H,4-8H2,1-3H3,(H,13,15). The summed E-state index contributed by atoms with van der Waals surface area (Å²) in [5.74, 6) is -0.582. The molecular formula is C12H22N2O3S. The first-order chi connectivity index (χ1) is 8.56. The van der Waals surface area contributed by atoms with Gasteiger partial charge in [-0.1, -0.05) is 0 Å². The van der Waals surface area contributed by atoms with E-state index in [1.807, 2.05) is 11.8 Å². The molecular weight excluding hydrogens is 252 g/mol. The van der Waals surface area contributed by atoms with Crippen LogP contribution in [-0.2, 0) is 14.3 Å². The molecule has 1 heterocycles. The number of rotatable bonds is 5. The van der Waals surface area contributed by atoms with Crippen molar-refractivity contribution >= 4 is 23.6 Å². The molecule has 0 aromatic rings. The Balaban J connectivity index is 2.46. The molecule has 104 valence electrons. The van der Waals surface area contributed by atoms with E-state index in [0.29, 0.717) is 6.54 Å². The molecule has 0 aromatic carbocycles. The number of nitrogens with zero attached hydrogens (tertiary/aromatic N) is 1. The van der Waals surface area contributed by atoms with Crippen molar-refractivity contribution in [3.63, 3.8) is 0 Å². The lowest BCUT2D eigenvalue weighted by Crippen LogP contribution is -2.50. The summed E-state index contributed by atoms with van der Waals surface area (Å²) in [7, 11) is 1.34. The van der Waals surface area contributed by atoms with Crippen molar-refractivity contribution in [2.75, 3.05) is 33.0 Å². The Morgan fingerprint density at radius 3 is 2.50 bits per heavy atom. The average molecular weight is 274 g/mol. The van der Waals surface area contributed by atoms with Crippen LogP contribution in [0.5, 0.6) is 0 Å². The minimum Gasteiger partial charge on any atom is -0.467 e. The number of carbonyl (C=O) groups is 2. The average Bonchev–Trinajstić information content (AvgIpc) is 2.37. The van der Waals surface area contributed by atoms with E-state index < -0.39 is 6.04 Å².